The lowest BCUT2D eigenvalue weighted by Gasteiger charge is -2.21. The van der Waals surface area contributed by atoms with Gasteiger partial charge in [0.05, 0.1) is 5.69 Å². The number of anilines is 1. The predicted molar refractivity (Wildman–Crippen MR) is 56.4 cm³/mol. The number of nitrogen functional groups attached to an aromatic ring is 1. The lowest BCUT2D eigenvalue weighted by atomic mass is 9.97. The molecule has 0 saturated carbocycles. The maximum atomic E-state index is 5.71. The first-order chi connectivity index (χ1) is 6.57. The van der Waals surface area contributed by atoms with Gasteiger partial charge in [0.25, 0.3) is 0 Å². The molecule has 0 saturated heterocycles. The molecule has 1 aromatic rings. The van der Waals surface area contributed by atoms with Gasteiger partial charge in [0.1, 0.15) is 17.2 Å². The highest BCUT2D eigenvalue weighted by atomic mass is 16.5. The predicted octanol–water partition coefficient (Wildman–Crippen LogP) is 2.29. The van der Waals surface area contributed by atoms with E-state index in [1.807, 2.05) is 13.0 Å². The van der Waals surface area contributed by atoms with Crippen molar-refractivity contribution in [3.8, 4) is 0 Å². The van der Waals surface area contributed by atoms with Crippen LogP contribution >= 0.6 is 0 Å². The van der Waals surface area contributed by atoms with Crippen LogP contribution in [0.3, 0.4) is 0 Å². The molecule has 0 aliphatic carbocycles. The Labute approximate surface area is 83.6 Å². The van der Waals surface area contributed by atoms with Crippen molar-refractivity contribution in [3.05, 3.63) is 30.0 Å². The Balaban J connectivity index is 2.62. The summed E-state index contributed by atoms with van der Waals surface area (Å²) >= 11 is 0. The van der Waals surface area contributed by atoms with Crippen molar-refractivity contribution in [2.24, 2.45) is 0 Å². The molecule has 1 atom stereocenters. The fraction of sp³-hybridized carbons (Fsp3) is 0.364. The molecule has 0 radical (unpaired) electrons. The van der Waals surface area contributed by atoms with Crippen molar-refractivity contribution in [1.29, 1.82) is 0 Å². The highest BCUT2D eigenvalue weighted by molar-refractivity contribution is 5.66. The molecule has 2 rings (SSSR count). The lowest BCUT2D eigenvalue weighted by Crippen LogP contribution is -2.20. The van der Waals surface area contributed by atoms with Gasteiger partial charge in [-0.25, -0.2) is 4.98 Å². The minimum absolute atomic E-state index is 0.359. The van der Waals surface area contributed by atoms with E-state index in [2.05, 4.69) is 18.5 Å². The molecule has 1 aliphatic rings. The van der Waals surface area contributed by atoms with Crippen molar-refractivity contribution < 1.29 is 4.74 Å². The Morgan fingerprint density at radius 3 is 2.93 bits per heavy atom. The first kappa shape index (κ1) is 9.06. The molecule has 0 fully saturated rings. The van der Waals surface area contributed by atoms with Crippen molar-refractivity contribution in [1.82, 2.24) is 4.98 Å². The van der Waals surface area contributed by atoms with E-state index < -0.39 is 0 Å². The van der Waals surface area contributed by atoms with Gasteiger partial charge >= 0.3 is 0 Å². The number of ether oxygens (including phenoxy) is 1. The van der Waals surface area contributed by atoms with E-state index in [9.17, 15) is 0 Å². The van der Waals surface area contributed by atoms with Crippen LogP contribution in [0.15, 0.2) is 18.7 Å². The summed E-state index contributed by atoms with van der Waals surface area (Å²) in [5.74, 6) is 1.22. The standard InChI is InChI=1S/C11H14N2O/c1-4-11(3)10-8(7(2)14-11)5-6-9(12)13-10/h5-6H,2,4H2,1,3H3,(H2,12,13)/t11-/m1/s1. The summed E-state index contributed by atoms with van der Waals surface area (Å²) in [6, 6.07) is 3.69. The normalized spacial score (nSPS) is 24.6. The van der Waals surface area contributed by atoms with Crippen molar-refractivity contribution in [2.45, 2.75) is 25.9 Å². The summed E-state index contributed by atoms with van der Waals surface area (Å²) in [5.41, 5.74) is 7.18. The van der Waals surface area contributed by atoms with Gasteiger partial charge in [-0.15, -0.1) is 0 Å². The molecule has 0 unspecified atom stereocenters. The van der Waals surface area contributed by atoms with E-state index >= 15 is 0 Å². The van der Waals surface area contributed by atoms with Gasteiger partial charge in [0, 0.05) is 5.56 Å². The Bertz CT molecular complexity index is 400. The summed E-state index contributed by atoms with van der Waals surface area (Å²) in [6.45, 7) is 7.94. The highest BCUT2D eigenvalue weighted by Gasteiger charge is 2.38. The fourth-order valence-electron chi connectivity index (χ4n) is 1.72. The maximum Gasteiger partial charge on any atom is 0.148 e. The summed E-state index contributed by atoms with van der Waals surface area (Å²) in [5, 5.41) is 0. The Kier molecular flexibility index (Phi) is 1.77. The second-order valence-corrected chi connectivity index (χ2v) is 3.74. The summed E-state index contributed by atoms with van der Waals surface area (Å²) < 4.78 is 5.71. The first-order valence-electron chi connectivity index (χ1n) is 4.72. The number of nitrogens with zero attached hydrogens (tertiary/aromatic N) is 1. The smallest absolute Gasteiger partial charge is 0.148 e. The van der Waals surface area contributed by atoms with E-state index in [0.717, 1.165) is 17.7 Å². The van der Waals surface area contributed by atoms with Crippen LogP contribution in [0.4, 0.5) is 5.82 Å². The zero-order valence-corrected chi connectivity index (χ0v) is 8.50. The maximum absolute atomic E-state index is 5.71. The lowest BCUT2D eigenvalue weighted by molar-refractivity contribution is 0.0647. The molecule has 0 bridgehead atoms. The van der Waals surface area contributed by atoms with E-state index in [4.69, 9.17) is 10.5 Å². The molecule has 1 aromatic heterocycles. The van der Waals surface area contributed by atoms with Gasteiger partial charge in [-0.2, -0.15) is 0 Å². The summed E-state index contributed by atoms with van der Waals surface area (Å²) in [4.78, 5) is 4.32. The zero-order chi connectivity index (χ0) is 10.3. The number of rotatable bonds is 1. The van der Waals surface area contributed by atoms with Crippen molar-refractivity contribution in [3.63, 3.8) is 0 Å². The quantitative estimate of drug-likeness (QED) is 0.739. The Morgan fingerprint density at radius 1 is 1.57 bits per heavy atom. The minimum atomic E-state index is -0.359. The molecule has 1 aliphatic heterocycles. The third kappa shape index (κ3) is 1.09. The van der Waals surface area contributed by atoms with E-state index in [1.165, 1.54) is 0 Å². The zero-order valence-electron chi connectivity index (χ0n) is 8.50. The van der Waals surface area contributed by atoms with Crippen LogP contribution in [0.1, 0.15) is 31.5 Å². The van der Waals surface area contributed by atoms with Gasteiger partial charge in [0.15, 0.2) is 0 Å². The van der Waals surface area contributed by atoms with Gasteiger partial charge in [-0.1, -0.05) is 13.5 Å². The molecule has 14 heavy (non-hydrogen) atoms. The number of fused-ring (bicyclic) bond motifs is 1. The number of aromatic nitrogens is 1. The molecule has 3 nitrogen and oxygen atoms in total. The van der Waals surface area contributed by atoms with Crippen LogP contribution in [-0.2, 0) is 10.3 Å². The fourth-order valence-corrected chi connectivity index (χ4v) is 1.72. The summed E-state index contributed by atoms with van der Waals surface area (Å²) in [6.07, 6.45) is 0.857. The average molecular weight is 190 g/mol. The molecule has 2 heterocycles. The minimum Gasteiger partial charge on any atom is -0.481 e. The summed E-state index contributed by atoms with van der Waals surface area (Å²) in [7, 11) is 0. The van der Waals surface area contributed by atoms with Crippen molar-refractivity contribution in [2.75, 3.05) is 5.73 Å². The molecule has 0 amide bonds. The second-order valence-electron chi connectivity index (χ2n) is 3.74. The molecular formula is C11H14N2O. The van der Waals surface area contributed by atoms with Gasteiger partial charge in [-0.05, 0) is 25.5 Å². The first-order valence-corrected chi connectivity index (χ1v) is 4.72. The number of nitrogens with two attached hydrogens (primary N) is 1. The monoisotopic (exact) mass is 190 g/mol. The molecule has 3 heteroatoms. The highest BCUT2D eigenvalue weighted by Crippen LogP contribution is 2.42. The molecule has 0 spiro atoms. The Hall–Kier alpha value is -1.51. The van der Waals surface area contributed by atoms with E-state index in [0.29, 0.717) is 11.6 Å². The molecule has 2 N–H and O–H groups in total. The van der Waals surface area contributed by atoms with Crippen LogP contribution in [0.2, 0.25) is 0 Å². The third-order valence-electron chi connectivity index (χ3n) is 2.74. The van der Waals surface area contributed by atoms with Gasteiger partial charge < -0.3 is 10.5 Å². The van der Waals surface area contributed by atoms with E-state index in [1.54, 1.807) is 6.07 Å². The number of hydrogen-bond donors (Lipinski definition) is 1. The van der Waals surface area contributed by atoms with Crippen LogP contribution in [0, 0.1) is 0 Å². The van der Waals surface area contributed by atoms with Crippen LogP contribution < -0.4 is 5.73 Å². The molecular weight excluding hydrogens is 176 g/mol. The van der Waals surface area contributed by atoms with Gasteiger partial charge in [0.2, 0.25) is 0 Å². The van der Waals surface area contributed by atoms with Crippen LogP contribution in [0.5, 0.6) is 0 Å². The van der Waals surface area contributed by atoms with Crippen molar-refractivity contribution >= 4 is 11.6 Å². The second kappa shape index (κ2) is 2.74. The SMILES string of the molecule is C=C1O[C@](C)(CC)c2nc(N)ccc21. The van der Waals surface area contributed by atoms with Crippen LogP contribution in [-0.4, -0.2) is 4.98 Å². The molecule has 74 valence electrons. The van der Waals surface area contributed by atoms with Crippen LogP contribution in [0.25, 0.3) is 5.76 Å². The van der Waals surface area contributed by atoms with Gasteiger partial charge in [-0.3, -0.25) is 0 Å². The van der Waals surface area contributed by atoms with E-state index in [-0.39, 0.29) is 5.60 Å². The number of hydrogen-bond acceptors (Lipinski definition) is 3. The Morgan fingerprint density at radius 2 is 2.29 bits per heavy atom. The average Bonchev–Trinajstić information content (AvgIpc) is 2.40. The number of pyridine rings is 1. The molecule has 0 aromatic carbocycles. The topological polar surface area (TPSA) is 48.1 Å². The largest absolute Gasteiger partial charge is 0.481 e. The third-order valence-corrected chi connectivity index (χ3v) is 2.74.